The van der Waals surface area contributed by atoms with Gasteiger partial charge in [-0.3, -0.25) is 0 Å². The van der Waals surface area contributed by atoms with Gasteiger partial charge in [0.2, 0.25) is 0 Å². The van der Waals surface area contributed by atoms with Crippen molar-refractivity contribution in [2.24, 2.45) is 16.8 Å². The van der Waals surface area contributed by atoms with Gasteiger partial charge in [-0.25, -0.2) is 0 Å². The minimum absolute atomic E-state index is 0.0896. The molecule has 94 valence electrons. The Morgan fingerprint density at radius 1 is 1.41 bits per heavy atom. The third-order valence-electron chi connectivity index (χ3n) is 2.34. The van der Waals surface area contributed by atoms with Crippen LogP contribution in [-0.2, 0) is 0 Å². The third-order valence-corrected chi connectivity index (χ3v) is 3.73. The van der Waals surface area contributed by atoms with E-state index in [1.165, 1.54) is 0 Å². The Kier molecular flexibility index (Phi) is 4.74. The lowest BCUT2D eigenvalue weighted by Crippen LogP contribution is -2.18. The molecule has 1 aromatic heterocycles. The highest BCUT2D eigenvalue weighted by Gasteiger charge is 2.15. The first-order chi connectivity index (χ1) is 7.97. The van der Waals surface area contributed by atoms with Crippen LogP contribution in [0.2, 0.25) is 0 Å². The van der Waals surface area contributed by atoms with Crippen molar-refractivity contribution in [3.63, 3.8) is 0 Å². The Labute approximate surface area is 106 Å². The quantitative estimate of drug-likeness (QED) is 0.282. The highest BCUT2D eigenvalue weighted by molar-refractivity contribution is 7.99. The van der Waals surface area contributed by atoms with E-state index in [4.69, 9.17) is 10.9 Å². The van der Waals surface area contributed by atoms with E-state index in [0.717, 1.165) is 22.0 Å². The van der Waals surface area contributed by atoms with E-state index < -0.39 is 0 Å². The smallest absolute Gasteiger partial charge is 0.173 e. The molecule has 0 aliphatic rings. The van der Waals surface area contributed by atoms with Crippen molar-refractivity contribution in [3.05, 3.63) is 16.8 Å². The fourth-order valence-electron chi connectivity index (χ4n) is 1.29. The zero-order chi connectivity index (χ0) is 13.0. The van der Waals surface area contributed by atoms with Gasteiger partial charge < -0.3 is 10.9 Å². The number of amidine groups is 1. The van der Waals surface area contributed by atoms with E-state index in [0.29, 0.717) is 11.5 Å². The molecule has 17 heavy (non-hydrogen) atoms. The fourth-order valence-corrected chi connectivity index (χ4v) is 2.28. The molecule has 0 fully saturated rings. The summed E-state index contributed by atoms with van der Waals surface area (Å²) >= 11 is 1.58. The van der Waals surface area contributed by atoms with Crippen LogP contribution in [0.1, 0.15) is 30.7 Å². The summed E-state index contributed by atoms with van der Waals surface area (Å²) in [6, 6.07) is 0. The van der Waals surface area contributed by atoms with Crippen LogP contribution in [0.15, 0.2) is 10.2 Å². The van der Waals surface area contributed by atoms with Crippen molar-refractivity contribution in [3.8, 4) is 0 Å². The molecule has 0 aliphatic heterocycles. The molecule has 1 aromatic rings. The van der Waals surface area contributed by atoms with Crippen molar-refractivity contribution in [1.29, 1.82) is 0 Å². The molecule has 0 unspecified atom stereocenters. The van der Waals surface area contributed by atoms with Crippen LogP contribution in [0.3, 0.4) is 0 Å². The number of aromatic nitrogens is 2. The van der Waals surface area contributed by atoms with Gasteiger partial charge in [0.15, 0.2) is 5.84 Å². The summed E-state index contributed by atoms with van der Waals surface area (Å²) in [4.78, 5) is 0. The normalized spacial score (nSPS) is 12.2. The Balaban J connectivity index is 3.16. The Bertz CT molecular complexity index is 432. The van der Waals surface area contributed by atoms with Crippen LogP contribution in [-0.4, -0.2) is 27.0 Å². The number of nitrogens with zero attached hydrogens (tertiary/aromatic N) is 3. The van der Waals surface area contributed by atoms with Crippen molar-refractivity contribution < 1.29 is 5.21 Å². The van der Waals surface area contributed by atoms with Gasteiger partial charge in [0.25, 0.3) is 0 Å². The molecule has 3 N–H and O–H groups in total. The van der Waals surface area contributed by atoms with Gasteiger partial charge in [0.1, 0.15) is 5.03 Å². The number of hydrogen-bond acceptors (Lipinski definition) is 5. The summed E-state index contributed by atoms with van der Waals surface area (Å²) in [6.45, 7) is 8.01. The number of hydrogen-bond donors (Lipinski definition) is 2. The average molecular weight is 254 g/mol. The maximum atomic E-state index is 8.81. The molecule has 5 nitrogen and oxygen atoms in total. The molecule has 0 saturated carbocycles. The summed E-state index contributed by atoms with van der Waals surface area (Å²) in [5.74, 6) is 1.55. The second-order valence-corrected chi connectivity index (χ2v) is 5.29. The van der Waals surface area contributed by atoms with Gasteiger partial charge in [-0.2, -0.15) is 5.10 Å². The van der Waals surface area contributed by atoms with Crippen LogP contribution < -0.4 is 5.73 Å². The highest BCUT2D eigenvalue weighted by Crippen LogP contribution is 2.25. The summed E-state index contributed by atoms with van der Waals surface area (Å²) in [6.07, 6.45) is 0. The van der Waals surface area contributed by atoms with E-state index in [1.807, 2.05) is 13.8 Å². The Morgan fingerprint density at radius 3 is 2.59 bits per heavy atom. The van der Waals surface area contributed by atoms with E-state index in [1.54, 1.807) is 11.8 Å². The standard InChI is InChI=1S/C11H18N4OS/c1-6(2)5-17-11-9(10(12)15-16)7(3)8(4)13-14-11/h6,16H,5H2,1-4H3,(H2,12,15). The van der Waals surface area contributed by atoms with Crippen LogP contribution in [0.5, 0.6) is 0 Å². The van der Waals surface area contributed by atoms with Crippen LogP contribution >= 0.6 is 11.8 Å². The molecule has 0 aliphatic carbocycles. The highest BCUT2D eigenvalue weighted by atomic mass is 32.2. The van der Waals surface area contributed by atoms with Gasteiger partial charge in [-0.1, -0.05) is 19.0 Å². The van der Waals surface area contributed by atoms with Crippen molar-refractivity contribution in [1.82, 2.24) is 10.2 Å². The Hall–Kier alpha value is -1.30. The fraction of sp³-hybridized carbons (Fsp3) is 0.545. The Morgan fingerprint density at radius 2 is 2.06 bits per heavy atom. The number of thioether (sulfide) groups is 1. The zero-order valence-electron chi connectivity index (χ0n) is 10.6. The number of oxime groups is 1. The molecular weight excluding hydrogens is 236 g/mol. The van der Waals surface area contributed by atoms with Crippen LogP contribution in [0.4, 0.5) is 0 Å². The topological polar surface area (TPSA) is 84.4 Å². The lowest BCUT2D eigenvalue weighted by atomic mass is 10.1. The molecule has 0 radical (unpaired) electrons. The molecule has 0 atom stereocenters. The molecule has 6 heteroatoms. The lowest BCUT2D eigenvalue weighted by molar-refractivity contribution is 0.318. The number of nitrogens with two attached hydrogens (primary N) is 1. The predicted molar refractivity (Wildman–Crippen MR) is 69.6 cm³/mol. The predicted octanol–water partition coefficient (Wildman–Crippen LogP) is 1.94. The second kappa shape index (κ2) is 5.86. The number of aryl methyl sites for hydroxylation is 1. The zero-order valence-corrected chi connectivity index (χ0v) is 11.4. The van der Waals surface area contributed by atoms with Crippen LogP contribution in [0, 0.1) is 19.8 Å². The average Bonchev–Trinajstić information content (AvgIpc) is 2.29. The monoisotopic (exact) mass is 254 g/mol. The minimum atomic E-state index is 0.0896. The minimum Gasteiger partial charge on any atom is -0.409 e. The first-order valence-electron chi connectivity index (χ1n) is 5.42. The molecule has 1 heterocycles. The molecule has 1 rings (SSSR count). The molecule has 0 spiro atoms. The summed E-state index contributed by atoms with van der Waals surface area (Å²) in [7, 11) is 0. The van der Waals surface area contributed by atoms with E-state index in [-0.39, 0.29) is 5.84 Å². The van der Waals surface area contributed by atoms with Gasteiger partial charge in [0.05, 0.1) is 11.3 Å². The largest absolute Gasteiger partial charge is 0.409 e. The molecule has 0 saturated heterocycles. The van der Waals surface area contributed by atoms with E-state index in [9.17, 15) is 0 Å². The van der Waals surface area contributed by atoms with Gasteiger partial charge in [-0.05, 0) is 25.3 Å². The van der Waals surface area contributed by atoms with Crippen molar-refractivity contribution >= 4 is 17.6 Å². The molecular formula is C11H18N4OS. The maximum Gasteiger partial charge on any atom is 0.173 e. The van der Waals surface area contributed by atoms with Gasteiger partial charge >= 0.3 is 0 Å². The van der Waals surface area contributed by atoms with E-state index in [2.05, 4.69) is 29.2 Å². The third kappa shape index (κ3) is 3.33. The lowest BCUT2D eigenvalue weighted by Gasteiger charge is -2.11. The summed E-state index contributed by atoms with van der Waals surface area (Å²) in [5, 5.41) is 20.8. The number of rotatable bonds is 4. The molecule has 0 aromatic carbocycles. The second-order valence-electron chi connectivity index (χ2n) is 4.28. The molecule has 0 amide bonds. The maximum absolute atomic E-state index is 8.81. The SMILES string of the molecule is Cc1nnc(SCC(C)C)c(/C(N)=N/O)c1C. The van der Waals surface area contributed by atoms with E-state index >= 15 is 0 Å². The first-order valence-corrected chi connectivity index (χ1v) is 6.40. The van der Waals surface area contributed by atoms with Crippen molar-refractivity contribution in [2.45, 2.75) is 32.7 Å². The van der Waals surface area contributed by atoms with Gasteiger partial charge in [0, 0.05) is 5.75 Å². The van der Waals surface area contributed by atoms with Gasteiger partial charge in [-0.15, -0.1) is 16.9 Å². The first kappa shape index (κ1) is 13.8. The van der Waals surface area contributed by atoms with Crippen LogP contribution in [0.25, 0.3) is 0 Å². The summed E-state index contributed by atoms with van der Waals surface area (Å²) < 4.78 is 0. The summed E-state index contributed by atoms with van der Waals surface area (Å²) in [5.41, 5.74) is 8.07. The van der Waals surface area contributed by atoms with Crippen molar-refractivity contribution in [2.75, 3.05) is 5.75 Å². The molecule has 0 bridgehead atoms.